The number of amides is 1. The molecule has 0 radical (unpaired) electrons. The first-order chi connectivity index (χ1) is 12.9. The first-order valence-corrected chi connectivity index (χ1v) is 9.14. The van der Waals surface area contributed by atoms with Crippen LogP contribution in [0.15, 0.2) is 59.4 Å². The number of carbonyl (C=O) groups is 1. The predicted molar refractivity (Wildman–Crippen MR) is 108 cm³/mol. The van der Waals surface area contributed by atoms with Crippen molar-refractivity contribution in [3.63, 3.8) is 0 Å². The van der Waals surface area contributed by atoms with Crippen molar-refractivity contribution in [1.82, 2.24) is 14.9 Å². The molecule has 1 heterocycles. The van der Waals surface area contributed by atoms with E-state index in [1.165, 1.54) is 5.56 Å². The van der Waals surface area contributed by atoms with Crippen molar-refractivity contribution in [2.45, 2.75) is 32.1 Å². The van der Waals surface area contributed by atoms with Crippen molar-refractivity contribution in [2.75, 3.05) is 13.6 Å². The first-order valence-electron chi connectivity index (χ1n) is 9.14. The fourth-order valence-electron chi connectivity index (χ4n) is 3.31. The Morgan fingerprint density at radius 1 is 1.07 bits per heavy atom. The zero-order chi connectivity index (χ0) is 19.4. The number of rotatable bonds is 6. The number of aryl methyl sites for hydroxylation is 1. The lowest BCUT2D eigenvalue weighted by Gasteiger charge is -2.31. The second kappa shape index (κ2) is 7.74. The maximum Gasteiger partial charge on any atom is 0.270 e. The van der Waals surface area contributed by atoms with Crippen molar-refractivity contribution in [1.29, 1.82) is 0 Å². The molecule has 1 N–H and O–H groups in total. The van der Waals surface area contributed by atoms with Gasteiger partial charge in [-0.3, -0.25) is 9.59 Å². The Hall–Kier alpha value is -2.95. The first kappa shape index (κ1) is 18.8. The third-order valence-corrected chi connectivity index (χ3v) is 4.86. The van der Waals surface area contributed by atoms with E-state index in [9.17, 15) is 9.59 Å². The molecule has 2 aromatic carbocycles. The predicted octanol–water partition coefficient (Wildman–Crippen LogP) is 3.29. The fourth-order valence-corrected chi connectivity index (χ4v) is 3.31. The number of hydrogen-bond acceptors (Lipinski definition) is 3. The summed E-state index contributed by atoms with van der Waals surface area (Å²) in [6, 6.07) is 17.6. The molecule has 3 aromatic rings. The van der Waals surface area contributed by atoms with Crippen molar-refractivity contribution in [3.05, 3.63) is 76.2 Å². The van der Waals surface area contributed by atoms with E-state index in [1.807, 2.05) is 49.5 Å². The van der Waals surface area contributed by atoms with Crippen LogP contribution < -0.4 is 5.56 Å². The molecule has 3 rings (SSSR count). The van der Waals surface area contributed by atoms with E-state index in [4.69, 9.17) is 0 Å². The van der Waals surface area contributed by atoms with E-state index < -0.39 is 0 Å². The van der Waals surface area contributed by atoms with Crippen LogP contribution in [0.3, 0.4) is 0 Å². The number of aromatic amines is 1. The van der Waals surface area contributed by atoms with Crippen molar-refractivity contribution in [2.24, 2.45) is 0 Å². The van der Waals surface area contributed by atoms with Crippen LogP contribution in [0, 0.1) is 0 Å². The number of fused-ring (bicyclic) bond motifs is 1. The van der Waals surface area contributed by atoms with Crippen LogP contribution in [0.5, 0.6) is 0 Å². The molecule has 0 saturated heterocycles. The summed E-state index contributed by atoms with van der Waals surface area (Å²) in [6.45, 7) is 4.86. The molecule has 0 aliphatic rings. The average Bonchev–Trinajstić information content (AvgIpc) is 2.66. The van der Waals surface area contributed by atoms with Gasteiger partial charge in [-0.15, -0.1) is 0 Å². The minimum atomic E-state index is -0.228. The number of aromatic nitrogens is 2. The molecule has 0 spiro atoms. The highest BCUT2D eigenvalue weighted by Crippen LogP contribution is 2.24. The van der Waals surface area contributed by atoms with Crippen molar-refractivity contribution < 1.29 is 4.79 Å². The molecule has 1 aromatic heterocycles. The summed E-state index contributed by atoms with van der Waals surface area (Å²) < 4.78 is 0. The highest BCUT2D eigenvalue weighted by atomic mass is 16.2. The number of H-pyrrole nitrogens is 1. The van der Waals surface area contributed by atoms with Gasteiger partial charge < -0.3 is 9.88 Å². The van der Waals surface area contributed by atoms with Crippen molar-refractivity contribution >= 4 is 16.9 Å². The van der Waals surface area contributed by atoms with Gasteiger partial charge in [0.15, 0.2) is 0 Å². The van der Waals surface area contributed by atoms with Crippen LogP contribution in [-0.4, -0.2) is 34.4 Å². The molecule has 5 nitrogen and oxygen atoms in total. The molecule has 1 amide bonds. The van der Waals surface area contributed by atoms with E-state index in [1.54, 1.807) is 4.90 Å². The minimum Gasteiger partial charge on any atom is -0.345 e. The summed E-state index contributed by atoms with van der Waals surface area (Å²) in [7, 11) is 1.81. The molecular weight excluding hydrogens is 338 g/mol. The summed E-state index contributed by atoms with van der Waals surface area (Å²) >= 11 is 0. The molecule has 0 saturated carbocycles. The standard InChI is InChI=1S/C22H25N3O2/c1-22(2,16-9-5-4-6-10-16)15-25(3)20(26)14-13-19-21(27)24-18-12-8-7-11-17(18)23-19/h4-12H,13-15H2,1-3H3,(H,24,27). The van der Waals surface area contributed by atoms with Gasteiger partial charge in [0.25, 0.3) is 5.56 Å². The van der Waals surface area contributed by atoms with E-state index >= 15 is 0 Å². The van der Waals surface area contributed by atoms with E-state index in [-0.39, 0.29) is 23.3 Å². The summed E-state index contributed by atoms with van der Waals surface area (Å²) in [4.78, 5) is 33.8. The molecular formula is C22H25N3O2. The zero-order valence-corrected chi connectivity index (χ0v) is 16.0. The third kappa shape index (κ3) is 4.42. The molecule has 5 heteroatoms. The monoisotopic (exact) mass is 363 g/mol. The Kier molecular flexibility index (Phi) is 5.40. The number of nitrogens with zero attached hydrogens (tertiary/aromatic N) is 2. The Morgan fingerprint density at radius 3 is 2.48 bits per heavy atom. The number of para-hydroxylation sites is 2. The minimum absolute atomic E-state index is 0.00775. The molecule has 0 bridgehead atoms. The Labute approximate surface area is 159 Å². The lowest BCUT2D eigenvalue weighted by molar-refractivity contribution is -0.130. The normalized spacial score (nSPS) is 11.5. The maximum atomic E-state index is 12.6. The highest BCUT2D eigenvalue weighted by molar-refractivity contribution is 5.76. The highest BCUT2D eigenvalue weighted by Gasteiger charge is 2.24. The summed E-state index contributed by atoms with van der Waals surface area (Å²) in [5, 5.41) is 0. The van der Waals surface area contributed by atoms with Crippen LogP contribution in [0.2, 0.25) is 0 Å². The van der Waals surface area contributed by atoms with Gasteiger partial charge in [0.05, 0.1) is 11.0 Å². The molecule has 0 fully saturated rings. The smallest absolute Gasteiger partial charge is 0.270 e. The molecule has 27 heavy (non-hydrogen) atoms. The second-order valence-electron chi connectivity index (χ2n) is 7.53. The zero-order valence-electron chi connectivity index (χ0n) is 16.0. The van der Waals surface area contributed by atoms with Gasteiger partial charge in [-0.2, -0.15) is 0 Å². The van der Waals surface area contributed by atoms with Gasteiger partial charge >= 0.3 is 0 Å². The van der Waals surface area contributed by atoms with Gasteiger partial charge in [0, 0.05) is 31.8 Å². The lowest BCUT2D eigenvalue weighted by Crippen LogP contribution is -2.38. The number of nitrogens with one attached hydrogen (secondary N) is 1. The third-order valence-electron chi connectivity index (χ3n) is 4.86. The van der Waals surface area contributed by atoms with E-state index in [0.29, 0.717) is 24.2 Å². The summed E-state index contributed by atoms with van der Waals surface area (Å²) in [5.74, 6) is 0.00775. The van der Waals surface area contributed by atoms with Crippen LogP contribution in [0.4, 0.5) is 0 Å². The summed E-state index contributed by atoms with van der Waals surface area (Å²) in [5.41, 5.74) is 2.66. The van der Waals surface area contributed by atoms with Crippen LogP contribution in [0.25, 0.3) is 11.0 Å². The van der Waals surface area contributed by atoms with Gasteiger partial charge in [-0.1, -0.05) is 56.3 Å². The number of benzene rings is 2. The molecule has 0 aliphatic carbocycles. The average molecular weight is 363 g/mol. The Morgan fingerprint density at radius 2 is 1.74 bits per heavy atom. The molecule has 140 valence electrons. The van der Waals surface area contributed by atoms with Crippen LogP contribution in [-0.2, 0) is 16.6 Å². The fraction of sp³-hybridized carbons (Fsp3) is 0.318. The number of likely N-dealkylation sites (N-methyl/N-ethyl adjacent to an activating group) is 1. The van der Waals surface area contributed by atoms with E-state index in [0.717, 1.165) is 5.52 Å². The molecule has 0 aliphatic heterocycles. The number of hydrogen-bond donors (Lipinski definition) is 1. The second-order valence-corrected chi connectivity index (χ2v) is 7.53. The lowest BCUT2D eigenvalue weighted by atomic mass is 9.84. The maximum absolute atomic E-state index is 12.6. The quantitative estimate of drug-likeness (QED) is 0.731. The van der Waals surface area contributed by atoms with Gasteiger partial charge in [-0.25, -0.2) is 4.98 Å². The van der Waals surface area contributed by atoms with Crippen molar-refractivity contribution in [3.8, 4) is 0 Å². The van der Waals surface area contributed by atoms with Gasteiger partial charge in [0.1, 0.15) is 5.69 Å². The Balaban J connectivity index is 1.65. The van der Waals surface area contributed by atoms with Gasteiger partial charge in [0.2, 0.25) is 5.91 Å². The largest absolute Gasteiger partial charge is 0.345 e. The van der Waals surface area contributed by atoms with Crippen LogP contribution >= 0.6 is 0 Å². The molecule has 0 unspecified atom stereocenters. The Bertz CT molecular complexity index is 993. The van der Waals surface area contributed by atoms with Gasteiger partial charge in [-0.05, 0) is 17.7 Å². The topological polar surface area (TPSA) is 66.1 Å². The van der Waals surface area contributed by atoms with Crippen LogP contribution in [0.1, 0.15) is 31.5 Å². The van der Waals surface area contributed by atoms with E-state index in [2.05, 4.69) is 35.9 Å². The number of carbonyl (C=O) groups excluding carboxylic acids is 1. The molecule has 0 atom stereocenters. The summed E-state index contributed by atoms with van der Waals surface area (Å²) in [6.07, 6.45) is 0.588. The SMILES string of the molecule is CN(CC(C)(C)c1ccccc1)C(=O)CCc1nc2ccccc2[nH]c1=O.